The average Bonchev–Trinajstić information content (AvgIpc) is 3.21. The van der Waals surface area contributed by atoms with E-state index >= 15 is 0 Å². The maximum absolute atomic E-state index is 11.4. The van der Waals surface area contributed by atoms with Crippen LogP contribution in [0.3, 0.4) is 0 Å². The number of imidazole rings is 1. The van der Waals surface area contributed by atoms with Crippen molar-refractivity contribution in [1.29, 1.82) is 0 Å². The molecule has 0 radical (unpaired) electrons. The lowest BCUT2D eigenvalue weighted by atomic mass is 10.1. The molecule has 2 heterocycles. The highest BCUT2D eigenvalue weighted by atomic mass is 16.7. The fourth-order valence-electron chi connectivity index (χ4n) is 2.70. The van der Waals surface area contributed by atoms with E-state index in [1.807, 2.05) is 43.3 Å². The smallest absolute Gasteiger partial charge is 0.356 e. The van der Waals surface area contributed by atoms with Gasteiger partial charge in [0.15, 0.2) is 17.2 Å². The SMILES string of the molecule is Cc1cccc(-c2nc(C(=O)O)cn2-c2ccc3c(c2)OCO3)c1. The molecule has 0 spiro atoms. The molecule has 6 heteroatoms. The summed E-state index contributed by atoms with van der Waals surface area (Å²) in [5, 5.41) is 9.31. The van der Waals surface area contributed by atoms with Gasteiger partial charge in [0, 0.05) is 17.8 Å². The molecule has 1 aliphatic heterocycles. The number of carboxylic acids is 1. The molecule has 4 rings (SSSR count). The number of nitrogens with zero attached hydrogens (tertiary/aromatic N) is 2. The van der Waals surface area contributed by atoms with Crippen LogP contribution < -0.4 is 9.47 Å². The summed E-state index contributed by atoms with van der Waals surface area (Å²) in [6.45, 7) is 2.17. The molecule has 0 saturated carbocycles. The Morgan fingerprint density at radius 1 is 1.17 bits per heavy atom. The molecule has 1 N–H and O–H groups in total. The molecule has 1 aromatic heterocycles. The third-order valence-electron chi connectivity index (χ3n) is 3.84. The Morgan fingerprint density at radius 3 is 2.79 bits per heavy atom. The van der Waals surface area contributed by atoms with Gasteiger partial charge in [-0.25, -0.2) is 9.78 Å². The Bertz CT molecular complexity index is 946. The second-order valence-corrected chi connectivity index (χ2v) is 5.53. The molecule has 24 heavy (non-hydrogen) atoms. The van der Waals surface area contributed by atoms with Crippen LogP contribution in [-0.2, 0) is 0 Å². The van der Waals surface area contributed by atoms with E-state index in [1.54, 1.807) is 10.6 Å². The number of carboxylic acid groups (broad SMARTS) is 1. The van der Waals surface area contributed by atoms with Crippen LogP contribution in [0, 0.1) is 6.92 Å². The zero-order valence-electron chi connectivity index (χ0n) is 12.9. The fourth-order valence-corrected chi connectivity index (χ4v) is 2.70. The van der Waals surface area contributed by atoms with E-state index in [0.29, 0.717) is 17.3 Å². The van der Waals surface area contributed by atoms with Gasteiger partial charge in [-0.05, 0) is 25.1 Å². The molecule has 2 aromatic carbocycles. The molecule has 0 amide bonds. The van der Waals surface area contributed by atoms with Crippen molar-refractivity contribution in [3.05, 3.63) is 59.9 Å². The molecule has 6 nitrogen and oxygen atoms in total. The Labute approximate surface area is 137 Å². The molecule has 0 saturated heterocycles. The van der Waals surface area contributed by atoms with Crippen molar-refractivity contribution in [2.75, 3.05) is 6.79 Å². The van der Waals surface area contributed by atoms with Crippen LogP contribution in [0.2, 0.25) is 0 Å². The lowest BCUT2D eigenvalue weighted by molar-refractivity contribution is 0.0691. The minimum atomic E-state index is -1.07. The van der Waals surface area contributed by atoms with Gasteiger partial charge in [-0.2, -0.15) is 0 Å². The van der Waals surface area contributed by atoms with Crippen LogP contribution in [0.25, 0.3) is 17.1 Å². The normalized spacial score (nSPS) is 12.4. The van der Waals surface area contributed by atoms with Crippen LogP contribution in [0.15, 0.2) is 48.7 Å². The molecule has 120 valence electrons. The van der Waals surface area contributed by atoms with Crippen LogP contribution in [-0.4, -0.2) is 27.4 Å². The number of aryl methyl sites for hydroxylation is 1. The number of hydrogen-bond donors (Lipinski definition) is 1. The standard InChI is InChI=1S/C18H14N2O4/c1-11-3-2-4-12(7-11)17-19-14(18(21)22)9-20(17)13-5-6-15-16(8-13)24-10-23-15/h2-9H,10H2,1H3,(H,21,22). The van der Waals surface area contributed by atoms with Gasteiger partial charge in [-0.15, -0.1) is 0 Å². The average molecular weight is 322 g/mol. The molecule has 3 aromatic rings. The minimum absolute atomic E-state index is 0.0100. The third kappa shape index (κ3) is 2.38. The Hall–Kier alpha value is -3.28. The van der Waals surface area contributed by atoms with Gasteiger partial charge < -0.3 is 14.6 Å². The van der Waals surface area contributed by atoms with Gasteiger partial charge >= 0.3 is 5.97 Å². The first-order valence-electron chi connectivity index (χ1n) is 7.41. The number of ether oxygens (including phenoxy) is 2. The van der Waals surface area contributed by atoms with Crippen LogP contribution >= 0.6 is 0 Å². The monoisotopic (exact) mass is 322 g/mol. The van der Waals surface area contributed by atoms with E-state index in [4.69, 9.17) is 9.47 Å². The molecule has 0 atom stereocenters. The van der Waals surface area contributed by atoms with Crippen molar-refractivity contribution in [2.24, 2.45) is 0 Å². The Kier molecular flexibility index (Phi) is 3.23. The second kappa shape index (κ2) is 5.42. The highest BCUT2D eigenvalue weighted by molar-refractivity contribution is 5.86. The van der Waals surface area contributed by atoms with E-state index < -0.39 is 5.97 Å². The fraction of sp³-hybridized carbons (Fsp3) is 0.111. The zero-order valence-corrected chi connectivity index (χ0v) is 12.9. The van der Waals surface area contributed by atoms with Crippen LogP contribution in [0.5, 0.6) is 11.5 Å². The lowest BCUT2D eigenvalue weighted by Gasteiger charge is -2.09. The summed E-state index contributed by atoms with van der Waals surface area (Å²) in [7, 11) is 0. The summed E-state index contributed by atoms with van der Waals surface area (Å²) in [6, 6.07) is 13.2. The highest BCUT2D eigenvalue weighted by Gasteiger charge is 2.19. The van der Waals surface area contributed by atoms with Crippen molar-refractivity contribution in [2.45, 2.75) is 6.92 Å². The molecule has 1 aliphatic rings. The molecular formula is C18H14N2O4. The molecule has 0 aliphatic carbocycles. The van der Waals surface area contributed by atoms with Gasteiger partial charge in [0.05, 0.1) is 5.69 Å². The van der Waals surface area contributed by atoms with Gasteiger partial charge in [0.25, 0.3) is 0 Å². The molecule has 0 unspecified atom stereocenters. The van der Waals surface area contributed by atoms with Gasteiger partial charge in [0.2, 0.25) is 6.79 Å². The zero-order chi connectivity index (χ0) is 16.7. The number of fused-ring (bicyclic) bond motifs is 1. The number of carbonyl (C=O) groups is 1. The van der Waals surface area contributed by atoms with Crippen molar-refractivity contribution in [1.82, 2.24) is 9.55 Å². The van der Waals surface area contributed by atoms with Crippen LogP contribution in [0.4, 0.5) is 0 Å². The predicted molar refractivity (Wildman–Crippen MR) is 86.8 cm³/mol. The number of aromatic nitrogens is 2. The lowest BCUT2D eigenvalue weighted by Crippen LogP contribution is -1.96. The number of hydrogen-bond acceptors (Lipinski definition) is 4. The molecule has 0 fully saturated rings. The first kappa shape index (κ1) is 14.3. The number of aromatic carboxylic acids is 1. The number of rotatable bonds is 3. The summed E-state index contributed by atoms with van der Waals surface area (Å²) >= 11 is 0. The summed E-state index contributed by atoms with van der Waals surface area (Å²) in [5.74, 6) is 0.807. The summed E-state index contributed by atoms with van der Waals surface area (Å²) < 4.78 is 12.5. The van der Waals surface area contributed by atoms with E-state index in [0.717, 1.165) is 16.8 Å². The van der Waals surface area contributed by atoms with E-state index in [1.165, 1.54) is 6.20 Å². The Morgan fingerprint density at radius 2 is 2.00 bits per heavy atom. The summed E-state index contributed by atoms with van der Waals surface area (Å²) in [5.41, 5.74) is 2.67. The van der Waals surface area contributed by atoms with Gasteiger partial charge in [-0.1, -0.05) is 23.8 Å². The Balaban J connectivity index is 1.89. The van der Waals surface area contributed by atoms with Gasteiger partial charge in [-0.3, -0.25) is 4.57 Å². The van der Waals surface area contributed by atoms with Crippen molar-refractivity contribution >= 4 is 5.97 Å². The quantitative estimate of drug-likeness (QED) is 0.801. The van der Waals surface area contributed by atoms with E-state index in [-0.39, 0.29) is 12.5 Å². The third-order valence-corrected chi connectivity index (χ3v) is 3.84. The second-order valence-electron chi connectivity index (χ2n) is 5.53. The van der Waals surface area contributed by atoms with Crippen LogP contribution in [0.1, 0.15) is 16.1 Å². The summed E-state index contributed by atoms with van der Waals surface area (Å²) in [6.07, 6.45) is 1.51. The largest absolute Gasteiger partial charge is 0.476 e. The maximum Gasteiger partial charge on any atom is 0.356 e. The topological polar surface area (TPSA) is 73.6 Å². The maximum atomic E-state index is 11.4. The minimum Gasteiger partial charge on any atom is -0.476 e. The highest BCUT2D eigenvalue weighted by Crippen LogP contribution is 2.35. The molecular weight excluding hydrogens is 308 g/mol. The van der Waals surface area contributed by atoms with Crippen molar-refractivity contribution < 1.29 is 19.4 Å². The first-order chi connectivity index (χ1) is 11.6. The van der Waals surface area contributed by atoms with Crippen molar-refractivity contribution in [3.8, 4) is 28.6 Å². The van der Waals surface area contributed by atoms with E-state index in [2.05, 4.69) is 4.98 Å². The molecule has 0 bridgehead atoms. The van der Waals surface area contributed by atoms with Gasteiger partial charge in [0.1, 0.15) is 5.82 Å². The van der Waals surface area contributed by atoms with Crippen molar-refractivity contribution in [3.63, 3.8) is 0 Å². The number of benzene rings is 2. The van der Waals surface area contributed by atoms with E-state index in [9.17, 15) is 9.90 Å². The first-order valence-corrected chi connectivity index (χ1v) is 7.41. The summed E-state index contributed by atoms with van der Waals surface area (Å²) in [4.78, 5) is 15.6. The predicted octanol–water partition coefficient (Wildman–Crippen LogP) is 3.27.